The number of nitrogens with zero attached hydrogens (tertiary/aromatic N) is 4. The third kappa shape index (κ3) is 6.28. The highest BCUT2D eigenvalue weighted by Crippen LogP contribution is 2.09. The summed E-state index contributed by atoms with van der Waals surface area (Å²) in [6, 6.07) is 9.47. The third-order valence-corrected chi connectivity index (χ3v) is 6.24. The molecule has 1 aromatic carbocycles. The van der Waals surface area contributed by atoms with Crippen molar-refractivity contribution in [3.63, 3.8) is 0 Å². The van der Waals surface area contributed by atoms with Gasteiger partial charge in [-0.2, -0.15) is 0 Å². The Balaban J connectivity index is 1.47. The van der Waals surface area contributed by atoms with Crippen LogP contribution in [0.1, 0.15) is 16.8 Å². The first kappa shape index (κ1) is 21.3. The third-order valence-electron chi connectivity index (χ3n) is 4.90. The molecule has 2 heterocycles. The summed E-state index contributed by atoms with van der Waals surface area (Å²) >= 11 is 0. The first-order chi connectivity index (χ1) is 14.0. The Kier molecular flexibility index (Phi) is 7.24. The van der Waals surface area contributed by atoms with E-state index in [1.165, 1.54) is 7.05 Å². The zero-order valence-corrected chi connectivity index (χ0v) is 17.7. The summed E-state index contributed by atoms with van der Waals surface area (Å²) in [5.74, 6) is 0.852. The fraction of sp³-hybridized carbons (Fsp3) is 0.474. The molecule has 2 N–H and O–H groups in total. The smallest absolute Gasteiger partial charge is 0.215 e. The van der Waals surface area contributed by atoms with Gasteiger partial charge >= 0.3 is 0 Å². The van der Waals surface area contributed by atoms with Gasteiger partial charge in [-0.3, -0.25) is 9.89 Å². The van der Waals surface area contributed by atoms with Gasteiger partial charge in [-0.15, -0.1) is 0 Å². The van der Waals surface area contributed by atoms with E-state index in [0.717, 1.165) is 55.5 Å². The van der Waals surface area contributed by atoms with Crippen molar-refractivity contribution in [2.45, 2.75) is 18.8 Å². The average Bonchev–Trinajstić information content (AvgIpc) is 3.23. The van der Waals surface area contributed by atoms with E-state index in [4.69, 9.17) is 4.52 Å². The van der Waals surface area contributed by atoms with Crippen molar-refractivity contribution < 1.29 is 12.9 Å². The number of piperazine rings is 1. The van der Waals surface area contributed by atoms with Crippen LogP contribution < -0.4 is 10.0 Å². The van der Waals surface area contributed by atoms with Crippen molar-refractivity contribution >= 4 is 16.0 Å². The number of aromatic nitrogens is 1. The minimum Gasteiger partial charge on any atom is -0.364 e. The molecule has 0 bridgehead atoms. The van der Waals surface area contributed by atoms with Crippen LogP contribution in [0.4, 0.5) is 0 Å². The van der Waals surface area contributed by atoms with Gasteiger partial charge in [0.1, 0.15) is 6.26 Å². The Labute approximate surface area is 171 Å². The molecule has 0 atom stereocenters. The molecule has 10 heteroatoms. The fourth-order valence-corrected chi connectivity index (χ4v) is 4.00. The Hall–Kier alpha value is -2.43. The molecule has 3 rings (SSSR count). The van der Waals surface area contributed by atoms with E-state index >= 15 is 0 Å². The van der Waals surface area contributed by atoms with Gasteiger partial charge in [0.05, 0.1) is 11.4 Å². The predicted octanol–water partition coefficient (Wildman–Crippen LogP) is 0.617. The zero-order chi connectivity index (χ0) is 20.7. The van der Waals surface area contributed by atoms with Crippen LogP contribution in [0, 0.1) is 0 Å². The Bertz CT molecular complexity index is 889. The molecular formula is C19H28N6O3S. The van der Waals surface area contributed by atoms with Gasteiger partial charge in [0.25, 0.3) is 0 Å². The van der Waals surface area contributed by atoms with Gasteiger partial charge < -0.3 is 14.7 Å². The van der Waals surface area contributed by atoms with Crippen LogP contribution in [0.3, 0.4) is 0 Å². The molecule has 0 unspecified atom stereocenters. The Morgan fingerprint density at radius 3 is 2.41 bits per heavy atom. The lowest BCUT2D eigenvalue weighted by molar-refractivity contribution is 0.169. The maximum atomic E-state index is 11.6. The Morgan fingerprint density at radius 2 is 1.83 bits per heavy atom. The van der Waals surface area contributed by atoms with Crippen molar-refractivity contribution in [3.8, 4) is 0 Å². The molecule has 0 spiro atoms. The van der Waals surface area contributed by atoms with E-state index in [1.54, 1.807) is 13.3 Å². The summed E-state index contributed by atoms with van der Waals surface area (Å²) in [6.45, 7) is 5.07. The number of hydrogen-bond donors (Lipinski definition) is 2. The summed E-state index contributed by atoms with van der Waals surface area (Å²) in [7, 11) is -0.0438. The number of hydrogen-bond acceptors (Lipinski definition) is 6. The van der Waals surface area contributed by atoms with Crippen LogP contribution in [-0.4, -0.2) is 69.6 Å². The second-order valence-electron chi connectivity index (χ2n) is 6.93. The van der Waals surface area contributed by atoms with Gasteiger partial charge in [0.2, 0.25) is 10.0 Å². The molecule has 1 aromatic heterocycles. The molecule has 1 saturated heterocycles. The highest BCUT2D eigenvalue weighted by Gasteiger charge is 2.20. The van der Waals surface area contributed by atoms with Crippen molar-refractivity contribution in [1.29, 1.82) is 0 Å². The van der Waals surface area contributed by atoms with E-state index in [-0.39, 0.29) is 5.75 Å². The SMILES string of the molecule is CN=C(NCc1ccc(CS(=O)(=O)NC)cc1)N1CCN(Cc2ccon2)CC1. The summed E-state index contributed by atoms with van der Waals surface area (Å²) < 4.78 is 30.5. The van der Waals surface area contributed by atoms with Gasteiger partial charge in [0.15, 0.2) is 5.96 Å². The lowest BCUT2D eigenvalue weighted by Crippen LogP contribution is -2.52. The molecule has 1 fully saturated rings. The average molecular weight is 421 g/mol. The minimum absolute atomic E-state index is 0.0164. The van der Waals surface area contributed by atoms with Crippen molar-refractivity contribution in [3.05, 3.63) is 53.4 Å². The highest BCUT2D eigenvalue weighted by molar-refractivity contribution is 7.88. The van der Waals surface area contributed by atoms with Gasteiger partial charge in [-0.25, -0.2) is 13.1 Å². The number of benzene rings is 1. The monoisotopic (exact) mass is 420 g/mol. The summed E-state index contributed by atoms with van der Waals surface area (Å²) in [5, 5.41) is 7.37. The molecule has 1 aliphatic heterocycles. The molecule has 29 heavy (non-hydrogen) atoms. The van der Waals surface area contributed by atoms with Crippen LogP contribution >= 0.6 is 0 Å². The molecule has 158 valence electrons. The van der Waals surface area contributed by atoms with E-state index in [2.05, 4.69) is 30.0 Å². The molecule has 0 saturated carbocycles. The first-order valence-electron chi connectivity index (χ1n) is 9.55. The standard InChI is InChI=1S/C19H28N6O3S/c1-20-19(25-10-8-24(9-11-25)14-18-7-12-28-23-18)22-13-16-3-5-17(6-4-16)15-29(26,27)21-2/h3-7,12,21H,8-11,13-15H2,1-2H3,(H,20,22). The topological polar surface area (TPSA) is 103 Å². The number of nitrogens with one attached hydrogen (secondary N) is 2. The molecule has 0 aliphatic carbocycles. The second-order valence-corrected chi connectivity index (χ2v) is 8.86. The van der Waals surface area contributed by atoms with E-state index in [9.17, 15) is 8.42 Å². The van der Waals surface area contributed by atoms with Crippen molar-refractivity contribution in [2.75, 3.05) is 40.3 Å². The minimum atomic E-state index is -3.26. The maximum Gasteiger partial charge on any atom is 0.215 e. The van der Waals surface area contributed by atoms with Crippen molar-refractivity contribution in [1.82, 2.24) is 25.0 Å². The molecule has 9 nitrogen and oxygen atoms in total. The van der Waals surface area contributed by atoms with Crippen LogP contribution in [0.5, 0.6) is 0 Å². The number of rotatable bonds is 7. The van der Waals surface area contributed by atoms with Crippen LogP contribution in [-0.2, 0) is 28.9 Å². The lowest BCUT2D eigenvalue weighted by atomic mass is 10.1. The van der Waals surface area contributed by atoms with Crippen LogP contribution in [0.25, 0.3) is 0 Å². The van der Waals surface area contributed by atoms with Gasteiger partial charge in [0, 0.05) is 52.4 Å². The number of guanidine groups is 1. The molecule has 1 aliphatic rings. The molecular weight excluding hydrogens is 392 g/mol. The molecule has 2 aromatic rings. The normalized spacial score (nSPS) is 16.2. The summed E-state index contributed by atoms with van der Waals surface area (Å²) in [6.07, 6.45) is 1.60. The largest absolute Gasteiger partial charge is 0.364 e. The lowest BCUT2D eigenvalue weighted by Gasteiger charge is -2.36. The number of sulfonamides is 1. The van der Waals surface area contributed by atoms with Crippen LogP contribution in [0.15, 0.2) is 46.1 Å². The van der Waals surface area contributed by atoms with E-state index in [0.29, 0.717) is 6.54 Å². The Morgan fingerprint density at radius 1 is 1.14 bits per heavy atom. The predicted molar refractivity (Wildman–Crippen MR) is 112 cm³/mol. The second kappa shape index (κ2) is 9.86. The quantitative estimate of drug-likeness (QED) is 0.500. The fourth-order valence-electron chi connectivity index (χ4n) is 3.22. The van der Waals surface area contributed by atoms with Crippen LogP contribution in [0.2, 0.25) is 0 Å². The zero-order valence-electron chi connectivity index (χ0n) is 16.8. The van der Waals surface area contributed by atoms with Crippen molar-refractivity contribution in [2.24, 2.45) is 4.99 Å². The number of aliphatic imine (C=N–C) groups is 1. The van der Waals surface area contributed by atoms with Gasteiger partial charge in [-0.05, 0) is 18.2 Å². The van der Waals surface area contributed by atoms with Gasteiger partial charge in [-0.1, -0.05) is 29.4 Å². The highest BCUT2D eigenvalue weighted by atomic mass is 32.2. The first-order valence-corrected chi connectivity index (χ1v) is 11.2. The van der Waals surface area contributed by atoms with E-state index < -0.39 is 10.0 Å². The summed E-state index contributed by atoms with van der Waals surface area (Å²) in [4.78, 5) is 8.99. The summed E-state index contributed by atoms with van der Waals surface area (Å²) in [5.41, 5.74) is 2.78. The molecule has 0 amide bonds. The molecule has 0 radical (unpaired) electrons. The maximum absolute atomic E-state index is 11.6. The van der Waals surface area contributed by atoms with E-state index in [1.807, 2.05) is 30.3 Å².